The molecule has 0 spiro atoms. The zero-order chi connectivity index (χ0) is 31.9. The normalized spacial score (nSPS) is 16.7. The SMILES string of the molecule is CCCC[Si](CCCC)(CCCC)O[C@H](C(C)C)[C@H](C)C(=O)[C@H](C)[C@H](O)[C@@H](C)[C@@H](OCc1ccc(OC)cc1)C(C)C. The minimum atomic E-state index is -2.00. The number of aliphatic hydroxyl groups excluding tert-OH is 1. The van der Waals surface area contributed by atoms with Crippen LogP contribution < -0.4 is 4.74 Å². The Kier molecular flexibility index (Phi) is 18.4. The summed E-state index contributed by atoms with van der Waals surface area (Å²) in [5.74, 6) is 0.393. The fourth-order valence-corrected chi connectivity index (χ4v) is 11.6. The highest BCUT2D eigenvalue weighted by atomic mass is 28.4. The number of benzene rings is 1. The molecule has 0 aliphatic carbocycles. The number of aliphatic hydroxyl groups is 1. The van der Waals surface area contributed by atoms with Gasteiger partial charge in [0.15, 0.2) is 8.32 Å². The summed E-state index contributed by atoms with van der Waals surface area (Å²) < 4.78 is 18.9. The van der Waals surface area contributed by atoms with Crippen molar-refractivity contribution < 1.29 is 23.8 Å². The third-order valence-corrected chi connectivity index (χ3v) is 13.8. The third kappa shape index (κ3) is 12.1. The molecule has 0 unspecified atom stereocenters. The Balaban J connectivity index is 3.09. The highest BCUT2D eigenvalue weighted by molar-refractivity contribution is 6.73. The van der Waals surface area contributed by atoms with E-state index in [1.165, 1.54) is 56.7 Å². The Morgan fingerprint density at radius 2 is 1.24 bits per heavy atom. The van der Waals surface area contributed by atoms with Gasteiger partial charge in [0, 0.05) is 17.8 Å². The van der Waals surface area contributed by atoms with Gasteiger partial charge in [-0.1, -0.05) is 120 Å². The van der Waals surface area contributed by atoms with Crippen LogP contribution in [0.1, 0.15) is 113 Å². The molecule has 6 heteroatoms. The summed E-state index contributed by atoms with van der Waals surface area (Å²) in [6.07, 6.45) is 6.04. The Morgan fingerprint density at radius 1 is 0.762 bits per heavy atom. The molecule has 1 rings (SSSR count). The second-order valence-electron chi connectivity index (χ2n) is 13.5. The van der Waals surface area contributed by atoms with Crippen molar-refractivity contribution in [3.63, 3.8) is 0 Å². The van der Waals surface area contributed by atoms with Crippen LogP contribution in [0.25, 0.3) is 0 Å². The Hall–Kier alpha value is -1.21. The zero-order valence-corrected chi connectivity index (χ0v) is 30.1. The summed E-state index contributed by atoms with van der Waals surface area (Å²) in [5, 5.41) is 11.5. The van der Waals surface area contributed by atoms with E-state index in [0.717, 1.165) is 11.3 Å². The van der Waals surface area contributed by atoms with Crippen LogP contribution in [0.5, 0.6) is 5.75 Å². The number of carbonyl (C=O) groups is 1. The molecular weight excluding hydrogens is 540 g/mol. The summed E-state index contributed by atoms with van der Waals surface area (Å²) in [5.41, 5.74) is 1.06. The maximum Gasteiger partial charge on any atom is 0.193 e. The average molecular weight is 607 g/mol. The Morgan fingerprint density at radius 3 is 1.64 bits per heavy atom. The molecule has 0 aromatic heterocycles. The predicted molar refractivity (Wildman–Crippen MR) is 180 cm³/mol. The van der Waals surface area contributed by atoms with E-state index in [1.807, 2.05) is 45.0 Å². The van der Waals surface area contributed by atoms with Crippen LogP contribution in [0.3, 0.4) is 0 Å². The van der Waals surface area contributed by atoms with E-state index in [9.17, 15) is 9.90 Å². The first kappa shape index (κ1) is 38.8. The first-order chi connectivity index (χ1) is 19.9. The van der Waals surface area contributed by atoms with Crippen molar-refractivity contribution in [3.05, 3.63) is 29.8 Å². The van der Waals surface area contributed by atoms with Gasteiger partial charge in [-0.3, -0.25) is 4.79 Å². The van der Waals surface area contributed by atoms with Crippen LogP contribution in [0, 0.1) is 29.6 Å². The van der Waals surface area contributed by atoms with Crippen LogP contribution in [0.2, 0.25) is 18.1 Å². The maximum atomic E-state index is 14.0. The maximum absolute atomic E-state index is 14.0. The molecule has 1 aromatic rings. The molecule has 0 fully saturated rings. The van der Waals surface area contributed by atoms with Crippen LogP contribution in [0.15, 0.2) is 24.3 Å². The minimum Gasteiger partial charge on any atom is -0.497 e. The lowest BCUT2D eigenvalue weighted by Crippen LogP contribution is -2.49. The molecule has 0 saturated heterocycles. The fourth-order valence-electron chi connectivity index (χ4n) is 6.41. The molecular formula is C36H66O5Si. The lowest BCUT2D eigenvalue weighted by molar-refractivity contribution is -0.137. The summed E-state index contributed by atoms with van der Waals surface area (Å²) in [6.45, 7) is 21.8. The molecule has 244 valence electrons. The van der Waals surface area contributed by atoms with Crippen molar-refractivity contribution in [1.29, 1.82) is 0 Å². The second kappa shape index (κ2) is 19.9. The smallest absolute Gasteiger partial charge is 0.193 e. The molecule has 0 aliphatic heterocycles. The van der Waals surface area contributed by atoms with E-state index in [0.29, 0.717) is 6.61 Å². The quantitative estimate of drug-likeness (QED) is 0.126. The summed E-state index contributed by atoms with van der Waals surface area (Å²) in [6, 6.07) is 11.4. The van der Waals surface area contributed by atoms with Crippen LogP contribution in [0.4, 0.5) is 0 Å². The fraction of sp³-hybridized carbons (Fsp3) is 0.806. The number of Topliss-reactive ketones (excluding diaryl/α,β-unsaturated/α-hetero) is 1. The Labute approximate surface area is 260 Å². The van der Waals surface area contributed by atoms with Crippen molar-refractivity contribution in [2.24, 2.45) is 29.6 Å². The molecule has 0 bridgehead atoms. The zero-order valence-electron chi connectivity index (χ0n) is 29.1. The van der Waals surface area contributed by atoms with Crippen molar-refractivity contribution >= 4 is 14.1 Å². The van der Waals surface area contributed by atoms with Gasteiger partial charge in [0.05, 0.1) is 32.0 Å². The first-order valence-corrected chi connectivity index (χ1v) is 19.5. The van der Waals surface area contributed by atoms with E-state index in [-0.39, 0.29) is 41.7 Å². The third-order valence-electron chi connectivity index (χ3n) is 9.22. The van der Waals surface area contributed by atoms with Gasteiger partial charge in [-0.15, -0.1) is 0 Å². The monoisotopic (exact) mass is 606 g/mol. The summed E-state index contributed by atoms with van der Waals surface area (Å²) in [7, 11) is -0.343. The molecule has 0 amide bonds. The number of carbonyl (C=O) groups excluding carboxylic acids is 1. The van der Waals surface area contributed by atoms with Gasteiger partial charge in [0.2, 0.25) is 0 Å². The molecule has 42 heavy (non-hydrogen) atoms. The molecule has 1 N–H and O–H groups in total. The van der Waals surface area contributed by atoms with E-state index in [2.05, 4.69) is 48.5 Å². The van der Waals surface area contributed by atoms with E-state index < -0.39 is 20.3 Å². The number of hydrogen-bond donors (Lipinski definition) is 1. The van der Waals surface area contributed by atoms with Gasteiger partial charge in [0.25, 0.3) is 0 Å². The van der Waals surface area contributed by atoms with Gasteiger partial charge in [-0.05, 0) is 47.7 Å². The molecule has 6 atom stereocenters. The van der Waals surface area contributed by atoms with Crippen LogP contribution in [-0.4, -0.2) is 44.6 Å². The molecule has 1 aromatic carbocycles. The number of ketones is 1. The van der Waals surface area contributed by atoms with Crippen molar-refractivity contribution in [3.8, 4) is 5.75 Å². The standard InChI is InChI=1S/C36H66O5Si/c1-12-15-22-42(23-16-13-2,24-17-14-3)41-36(27(6)7)30(10)34(38)28(8)33(37)29(9)35(26(4)5)40-25-31-18-20-32(39-11)21-19-31/h18-21,26-30,33,35-37H,12-17,22-25H2,1-11H3/t28-,29-,30-,33+,35+,36-/m1/s1. The molecule has 0 aliphatic rings. The van der Waals surface area contributed by atoms with Gasteiger partial charge in [-0.25, -0.2) is 0 Å². The second-order valence-corrected chi connectivity index (χ2v) is 17.6. The largest absolute Gasteiger partial charge is 0.497 e. The molecule has 5 nitrogen and oxygen atoms in total. The summed E-state index contributed by atoms with van der Waals surface area (Å²) >= 11 is 0. The van der Waals surface area contributed by atoms with E-state index in [1.54, 1.807) is 7.11 Å². The number of ether oxygens (including phenoxy) is 2. The topological polar surface area (TPSA) is 65.0 Å². The highest BCUT2D eigenvalue weighted by Gasteiger charge is 2.42. The number of rotatable bonds is 23. The average Bonchev–Trinajstić information content (AvgIpc) is 2.98. The van der Waals surface area contributed by atoms with E-state index in [4.69, 9.17) is 13.9 Å². The lowest BCUT2D eigenvalue weighted by atomic mass is 9.78. The van der Waals surface area contributed by atoms with Gasteiger partial charge in [-0.2, -0.15) is 0 Å². The van der Waals surface area contributed by atoms with Crippen LogP contribution >= 0.6 is 0 Å². The number of methoxy groups -OCH3 is 1. The van der Waals surface area contributed by atoms with Crippen molar-refractivity contribution in [1.82, 2.24) is 0 Å². The van der Waals surface area contributed by atoms with Gasteiger partial charge in [0.1, 0.15) is 11.5 Å². The first-order valence-electron chi connectivity index (χ1n) is 17.0. The highest BCUT2D eigenvalue weighted by Crippen LogP contribution is 2.36. The predicted octanol–water partition coefficient (Wildman–Crippen LogP) is 9.46. The molecule has 0 saturated carbocycles. The van der Waals surface area contributed by atoms with Crippen LogP contribution in [-0.2, 0) is 20.6 Å². The van der Waals surface area contributed by atoms with Gasteiger partial charge < -0.3 is 19.0 Å². The van der Waals surface area contributed by atoms with Gasteiger partial charge >= 0.3 is 0 Å². The van der Waals surface area contributed by atoms with Crippen molar-refractivity contribution in [2.45, 2.75) is 151 Å². The van der Waals surface area contributed by atoms with E-state index >= 15 is 0 Å². The number of hydrogen-bond acceptors (Lipinski definition) is 5. The van der Waals surface area contributed by atoms with Crippen molar-refractivity contribution in [2.75, 3.05) is 7.11 Å². The molecule has 0 radical (unpaired) electrons. The Bertz CT molecular complexity index is 833. The minimum absolute atomic E-state index is 0.107. The lowest BCUT2D eigenvalue weighted by Gasteiger charge is -2.41. The molecule has 0 heterocycles. The number of unbranched alkanes of at least 4 members (excludes halogenated alkanes) is 3. The summed E-state index contributed by atoms with van der Waals surface area (Å²) in [4.78, 5) is 14.0.